The van der Waals surface area contributed by atoms with E-state index in [4.69, 9.17) is 0 Å². The van der Waals surface area contributed by atoms with E-state index in [2.05, 4.69) is 62.7 Å². The van der Waals surface area contributed by atoms with Crippen LogP contribution in [0, 0.1) is 6.92 Å². The number of nitrogens with zero attached hydrogens (tertiary/aromatic N) is 2. The summed E-state index contributed by atoms with van der Waals surface area (Å²) in [5.74, 6) is 0. The molecule has 0 spiro atoms. The average molecular weight is 301 g/mol. The van der Waals surface area contributed by atoms with Crippen molar-refractivity contribution >= 4 is 21.6 Å². The number of imidazole rings is 1. The Hall–Kier alpha value is -1.61. The van der Waals surface area contributed by atoms with Crippen LogP contribution in [0.4, 0.5) is 0 Å². The van der Waals surface area contributed by atoms with Gasteiger partial charge in [-0.15, -0.1) is 0 Å². The van der Waals surface area contributed by atoms with Gasteiger partial charge in [-0.1, -0.05) is 40.2 Å². The smallest absolute Gasteiger partial charge is 0.138 e. The predicted octanol–water partition coefficient (Wildman–Crippen LogP) is 4.00. The summed E-state index contributed by atoms with van der Waals surface area (Å²) in [6.07, 6.45) is 4.99. The van der Waals surface area contributed by atoms with Gasteiger partial charge >= 0.3 is 0 Å². The van der Waals surface area contributed by atoms with Gasteiger partial charge in [0.05, 0.1) is 5.69 Å². The number of rotatable bonds is 2. The SMILES string of the molecule is Cc1ccccc1Cc1cn2ccc(Br)cc2n1. The fraction of sp³-hybridized carbons (Fsp3) is 0.133. The lowest BCUT2D eigenvalue weighted by molar-refractivity contribution is 1.09. The number of hydrogen-bond donors (Lipinski definition) is 0. The van der Waals surface area contributed by atoms with Crippen LogP contribution < -0.4 is 0 Å². The molecule has 0 aliphatic carbocycles. The van der Waals surface area contributed by atoms with Gasteiger partial charge in [0.25, 0.3) is 0 Å². The molecular formula is C15H13BrN2. The molecule has 2 nitrogen and oxygen atoms in total. The first kappa shape index (κ1) is 11.5. The number of hydrogen-bond acceptors (Lipinski definition) is 1. The highest BCUT2D eigenvalue weighted by Crippen LogP contribution is 2.16. The van der Waals surface area contributed by atoms with E-state index in [1.54, 1.807) is 0 Å². The first-order valence-electron chi connectivity index (χ1n) is 5.90. The molecular weight excluding hydrogens is 288 g/mol. The summed E-state index contributed by atoms with van der Waals surface area (Å²) in [4.78, 5) is 4.64. The van der Waals surface area contributed by atoms with Gasteiger partial charge in [-0.3, -0.25) is 0 Å². The minimum absolute atomic E-state index is 0.881. The van der Waals surface area contributed by atoms with Crippen molar-refractivity contribution in [3.8, 4) is 0 Å². The van der Waals surface area contributed by atoms with Crippen LogP contribution in [0.5, 0.6) is 0 Å². The van der Waals surface area contributed by atoms with Gasteiger partial charge in [0.15, 0.2) is 0 Å². The quantitative estimate of drug-likeness (QED) is 0.699. The van der Waals surface area contributed by atoms with Crippen LogP contribution >= 0.6 is 15.9 Å². The highest BCUT2D eigenvalue weighted by molar-refractivity contribution is 9.10. The van der Waals surface area contributed by atoms with Crippen LogP contribution in [0.1, 0.15) is 16.8 Å². The van der Waals surface area contributed by atoms with E-state index in [0.29, 0.717) is 0 Å². The highest BCUT2D eigenvalue weighted by Gasteiger charge is 2.04. The molecule has 0 fully saturated rings. The zero-order valence-corrected chi connectivity index (χ0v) is 11.7. The summed E-state index contributed by atoms with van der Waals surface area (Å²) >= 11 is 3.47. The third-order valence-corrected chi connectivity index (χ3v) is 3.60. The molecule has 2 aromatic heterocycles. The van der Waals surface area contributed by atoms with Crippen molar-refractivity contribution < 1.29 is 0 Å². The molecule has 90 valence electrons. The molecule has 1 aromatic carbocycles. The largest absolute Gasteiger partial charge is 0.307 e. The summed E-state index contributed by atoms with van der Waals surface area (Å²) in [5.41, 5.74) is 4.73. The molecule has 3 rings (SSSR count). The Labute approximate surface area is 114 Å². The number of halogens is 1. The number of aryl methyl sites for hydroxylation is 1. The molecule has 3 aromatic rings. The summed E-state index contributed by atoms with van der Waals surface area (Å²) in [6, 6.07) is 12.5. The molecule has 0 aliphatic heterocycles. The molecule has 0 atom stereocenters. The van der Waals surface area contributed by atoms with Crippen LogP contribution in [0.25, 0.3) is 5.65 Å². The fourth-order valence-electron chi connectivity index (χ4n) is 2.10. The van der Waals surface area contributed by atoms with E-state index >= 15 is 0 Å². The molecule has 0 N–H and O–H groups in total. The standard InChI is InChI=1S/C15H13BrN2/c1-11-4-2-3-5-12(11)8-14-10-18-7-6-13(16)9-15(18)17-14/h2-7,9-10H,8H2,1H3. The van der Waals surface area contributed by atoms with E-state index < -0.39 is 0 Å². The van der Waals surface area contributed by atoms with E-state index in [0.717, 1.165) is 22.2 Å². The van der Waals surface area contributed by atoms with Gasteiger partial charge in [-0.05, 0) is 30.2 Å². The molecule has 0 saturated carbocycles. The van der Waals surface area contributed by atoms with Gasteiger partial charge in [0.2, 0.25) is 0 Å². The van der Waals surface area contributed by atoms with E-state index in [1.807, 2.05) is 18.3 Å². The minimum Gasteiger partial charge on any atom is -0.307 e. The van der Waals surface area contributed by atoms with Crippen LogP contribution in [0.3, 0.4) is 0 Å². The van der Waals surface area contributed by atoms with Crippen LogP contribution in [-0.4, -0.2) is 9.38 Å². The van der Waals surface area contributed by atoms with Crippen molar-refractivity contribution in [1.82, 2.24) is 9.38 Å². The van der Waals surface area contributed by atoms with Gasteiger partial charge in [0.1, 0.15) is 5.65 Å². The molecule has 0 aliphatic rings. The first-order valence-corrected chi connectivity index (χ1v) is 6.69. The van der Waals surface area contributed by atoms with E-state index in [9.17, 15) is 0 Å². The molecule has 0 radical (unpaired) electrons. The van der Waals surface area contributed by atoms with Crippen molar-refractivity contribution in [3.05, 3.63) is 70.1 Å². The lowest BCUT2D eigenvalue weighted by Gasteiger charge is -2.01. The normalized spacial score (nSPS) is 11.0. The summed E-state index contributed by atoms with van der Waals surface area (Å²) in [6.45, 7) is 2.14. The Morgan fingerprint density at radius 1 is 1.22 bits per heavy atom. The molecule has 18 heavy (non-hydrogen) atoms. The topological polar surface area (TPSA) is 17.3 Å². The molecule has 2 heterocycles. The maximum Gasteiger partial charge on any atom is 0.138 e. The molecule has 0 amide bonds. The van der Waals surface area contributed by atoms with Gasteiger partial charge < -0.3 is 4.40 Å². The second-order valence-electron chi connectivity index (χ2n) is 4.45. The lowest BCUT2D eigenvalue weighted by Crippen LogP contribution is -1.91. The third kappa shape index (κ3) is 2.18. The van der Waals surface area contributed by atoms with Crippen LogP contribution in [0.2, 0.25) is 0 Å². The number of benzene rings is 1. The van der Waals surface area contributed by atoms with Crippen molar-refractivity contribution in [2.45, 2.75) is 13.3 Å². The third-order valence-electron chi connectivity index (χ3n) is 3.10. The van der Waals surface area contributed by atoms with Crippen molar-refractivity contribution in [3.63, 3.8) is 0 Å². The molecule has 0 unspecified atom stereocenters. The second kappa shape index (κ2) is 4.58. The van der Waals surface area contributed by atoms with Crippen molar-refractivity contribution in [2.75, 3.05) is 0 Å². The van der Waals surface area contributed by atoms with Gasteiger partial charge in [-0.2, -0.15) is 0 Å². The molecule has 0 saturated heterocycles. The monoisotopic (exact) mass is 300 g/mol. The Morgan fingerprint density at radius 3 is 2.89 bits per heavy atom. The predicted molar refractivity (Wildman–Crippen MR) is 76.9 cm³/mol. The highest BCUT2D eigenvalue weighted by atomic mass is 79.9. The Bertz CT molecular complexity index is 701. The van der Waals surface area contributed by atoms with Crippen LogP contribution in [0.15, 0.2) is 53.3 Å². The van der Waals surface area contributed by atoms with Gasteiger partial charge in [-0.25, -0.2) is 4.98 Å². The maximum absolute atomic E-state index is 4.64. The molecule has 3 heteroatoms. The number of pyridine rings is 1. The fourth-order valence-corrected chi connectivity index (χ4v) is 2.42. The minimum atomic E-state index is 0.881. The van der Waals surface area contributed by atoms with Crippen molar-refractivity contribution in [2.24, 2.45) is 0 Å². The summed E-state index contributed by atoms with van der Waals surface area (Å²) in [5, 5.41) is 0. The van der Waals surface area contributed by atoms with E-state index in [1.165, 1.54) is 11.1 Å². The molecule has 0 bridgehead atoms. The van der Waals surface area contributed by atoms with E-state index in [-0.39, 0.29) is 0 Å². The summed E-state index contributed by atoms with van der Waals surface area (Å²) in [7, 11) is 0. The number of aromatic nitrogens is 2. The zero-order chi connectivity index (χ0) is 12.5. The van der Waals surface area contributed by atoms with Gasteiger partial charge in [0, 0.05) is 23.3 Å². The lowest BCUT2D eigenvalue weighted by atomic mass is 10.0. The first-order chi connectivity index (χ1) is 8.72. The van der Waals surface area contributed by atoms with Crippen LogP contribution in [-0.2, 0) is 6.42 Å². The Balaban J connectivity index is 1.98. The number of fused-ring (bicyclic) bond motifs is 1. The Morgan fingerprint density at radius 2 is 2.06 bits per heavy atom. The average Bonchev–Trinajstić information content (AvgIpc) is 2.73. The second-order valence-corrected chi connectivity index (χ2v) is 5.36. The van der Waals surface area contributed by atoms with Crippen molar-refractivity contribution in [1.29, 1.82) is 0 Å². The maximum atomic E-state index is 4.64. The zero-order valence-electron chi connectivity index (χ0n) is 10.1. The summed E-state index contributed by atoms with van der Waals surface area (Å²) < 4.78 is 3.11. The Kier molecular flexibility index (Phi) is 2.92.